The Morgan fingerprint density at radius 3 is 2.43 bits per heavy atom. The highest BCUT2D eigenvalue weighted by atomic mass is 16.1. The highest BCUT2D eigenvalue weighted by Gasteiger charge is 1.87. The molecule has 0 saturated heterocycles. The molecule has 0 spiro atoms. The van der Waals surface area contributed by atoms with Crippen LogP contribution in [0.2, 0.25) is 0 Å². The van der Waals surface area contributed by atoms with Gasteiger partial charge in [0, 0.05) is 13.0 Å². The number of amides is 1. The summed E-state index contributed by atoms with van der Waals surface area (Å²) in [5, 5.41) is 0. The zero-order valence-electron chi connectivity index (χ0n) is 3.98. The van der Waals surface area contributed by atoms with Gasteiger partial charge in [0.1, 0.15) is 0 Å². The van der Waals surface area contributed by atoms with Crippen LogP contribution in [-0.2, 0) is 4.79 Å². The molecule has 4 nitrogen and oxygen atoms in total. The monoisotopic (exact) mass is 103 g/mol. The van der Waals surface area contributed by atoms with Crippen molar-refractivity contribution in [1.82, 2.24) is 5.43 Å². The van der Waals surface area contributed by atoms with Gasteiger partial charge in [0.2, 0.25) is 5.91 Å². The van der Waals surface area contributed by atoms with Gasteiger partial charge < -0.3 is 5.73 Å². The molecule has 0 fully saturated rings. The lowest BCUT2D eigenvalue weighted by Gasteiger charge is -1.90. The Kier molecular flexibility index (Phi) is 3.26. The van der Waals surface area contributed by atoms with Crippen molar-refractivity contribution in [2.45, 2.75) is 6.42 Å². The number of nitrogens with two attached hydrogens (primary N) is 2. The van der Waals surface area contributed by atoms with E-state index >= 15 is 0 Å². The number of carbonyl (C=O) groups excluding carboxylic acids is 1. The van der Waals surface area contributed by atoms with E-state index in [-0.39, 0.29) is 5.91 Å². The van der Waals surface area contributed by atoms with Crippen LogP contribution in [0, 0.1) is 0 Å². The van der Waals surface area contributed by atoms with E-state index < -0.39 is 0 Å². The lowest BCUT2D eigenvalue weighted by atomic mass is 10.4. The molecule has 1 amide bonds. The van der Waals surface area contributed by atoms with Crippen molar-refractivity contribution >= 4 is 5.91 Å². The topological polar surface area (TPSA) is 81.1 Å². The molecular weight excluding hydrogens is 94.1 g/mol. The van der Waals surface area contributed by atoms with Crippen molar-refractivity contribution in [1.29, 1.82) is 0 Å². The first-order chi connectivity index (χ1) is 3.27. The first kappa shape index (κ1) is 6.39. The second-order valence-corrected chi connectivity index (χ2v) is 1.17. The third-order valence-corrected chi connectivity index (χ3v) is 0.516. The van der Waals surface area contributed by atoms with Crippen molar-refractivity contribution in [2.24, 2.45) is 11.6 Å². The molecule has 0 unspecified atom stereocenters. The van der Waals surface area contributed by atoms with Gasteiger partial charge in [-0.25, -0.2) is 0 Å². The first-order valence-electron chi connectivity index (χ1n) is 1.99. The molecule has 0 radical (unpaired) electrons. The van der Waals surface area contributed by atoms with Crippen LogP contribution in [-0.4, -0.2) is 12.5 Å². The average Bonchev–Trinajstić information content (AvgIpc) is 1.61. The Labute approximate surface area is 41.8 Å². The summed E-state index contributed by atoms with van der Waals surface area (Å²) in [5.74, 6) is 4.48. The summed E-state index contributed by atoms with van der Waals surface area (Å²) in [6, 6.07) is 0. The highest BCUT2D eigenvalue weighted by Crippen LogP contribution is 1.66. The molecule has 0 aromatic carbocycles. The molecule has 0 aliphatic rings. The molecule has 0 aromatic rings. The van der Waals surface area contributed by atoms with Crippen LogP contribution >= 0.6 is 0 Å². The molecule has 42 valence electrons. The summed E-state index contributed by atoms with van der Waals surface area (Å²) in [5.41, 5.74) is 7.04. The molecule has 0 heterocycles. The van der Waals surface area contributed by atoms with Crippen LogP contribution in [0.15, 0.2) is 0 Å². The minimum atomic E-state index is -0.335. The molecule has 0 aliphatic heterocycles. The third kappa shape index (κ3) is 5.39. The summed E-state index contributed by atoms with van der Waals surface area (Å²) in [4.78, 5) is 9.88. The quantitative estimate of drug-likeness (QED) is 0.295. The van der Waals surface area contributed by atoms with Crippen LogP contribution in [0.3, 0.4) is 0 Å². The zero-order chi connectivity index (χ0) is 5.70. The van der Waals surface area contributed by atoms with E-state index in [1.54, 1.807) is 0 Å². The van der Waals surface area contributed by atoms with Crippen molar-refractivity contribution in [3.05, 3.63) is 0 Å². The van der Waals surface area contributed by atoms with E-state index in [0.717, 1.165) is 0 Å². The van der Waals surface area contributed by atoms with E-state index in [9.17, 15) is 4.79 Å². The zero-order valence-corrected chi connectivity index (χ0v) is 3.98. The first-order valence-corrected chi connectivity index (χ1v) is 1.99. The van der Waals surface area contributed by atoms with Crippen molar-refractivity contribution in [3.63, 3.8) is 0 Å². The Hall–Kier alpha value is -0.610. The van der Waals surface area contributed by atoms with Crippen LogP contribution in [0.25, 0.3) is 0 Å². The fourth-order valence-corrected chi connectivity index (χ4v) is 0.195. The lowest BCUT2D eigenvalue weighted by molar-refractivity contribution is -0.117. The van der Waals surface area contributed by atoms with E-state index in [2.05, 4.69) is 5.43 Å². The number of rotatable bonds is 3. The van der Waals surface area contributed by atoms with Gasteiger partial charge in [-0.15, -0.1) is 0 Å². The Morgan fingerprint density at radius 1 is 1.71 bits per heavy atom. The summed E-state index contributed by atoms with van der Waals surface area (Å²) >= 11 is 0. The SMILES string of the molecule is NNCCC(N)=O. The largest absolute Gasteiger partial charge is 0.370 e. The van der Waals surface area contributed by atoms with Crippen LogP contribution in [0.5, 0.6) is 0 Å². The van der Waals surface area contributed by atoms with Crippen molar-refractivity contribution < 1.29 is 4.79 Å². The maximum Gasteiger partial charge on any atom is 0.218 e. The smallest absolute Gasteiger partial charge is 0.218 e. The van der Waals surface area contributed by atoms with Crippen LogP contribution in [0.1, 0.15) is 6.42 Å². The molecule has 5 N–H and O–H groups in total. The Morgan fingerprint density at radius 2 is 2.29 bits per heavy atom. The van der Waals surface area contributed by atoms with Gasteiger partial charge in [0.25, 0.3) is 0 Å². The predicted molar refractivity (Wildman–Crippen MR) is 26.0 cm³/mol. The lowest BCUT2D eigenvalue weighted by Crippen LogP contribution is -2.27. The number of nitrogens with one attached hydrogen (secondary N) is 1. The molecule has 7 heavy (non-hydrogen) atoms. The molecule has 0 rings (SSSR count). The van der Waals surface area contributed by atoms with Gasteiger partial charge in [0.05, 0.1) is 0 Å². The summed E-state index contributed by atoms with van der Waals surface area (Å²) < 4.78 is 0. The number of hydrazine groups is 1. The van der Waals surface area contributed by atoms with Gasteiger partial charge in [-0.1, -0.05) is 0 Å². The Balaban J connectivity index is 2.82. The maximum absolute atomic E-state index is 9.88. The Bertz CT molecular complexity index is 63.2. The molecule has 0 aromatic heterocycles. The molecule has 4 heteroatoms. The predicted octanol–water partition coefficient (Wildman–Crippen LogP) is -1.67. The standard InChI is InChI=1S/C3H9N3O/c4-3(7)1-2-6-5/h6H,1-2,5H2,(H2,4,7). The summed E-state index contributed by atoms with van der Waals surface area (Å²) in [6.45, 7) is 0.454. The van der Waals surface area contributed by atoms with Gasteiger partial charge in [-0.05, 0) is 0 Å². The fraction of sp³-hybridized carbons (Fsp3) is 0.667. The number of hydrogen-bond donors (Lipinski definition) is 3. The number of primary amides is 1. The van der Waals surface area contributed by atoms with Gasteiger partial charge in [-0.2, -0.15) is 0 Å². The van der Waals surface area contributed by atoms with E-state index in [1.165, 1.54) is 0 Å². The minimum Gasteiger partial charge on any atom is -0.370 e. The van der Waals surface area contributed by atoms with E-state index in [1.807, 2.05) is 0 Å². The third-order valence-electron chi connectivity index (χ3n) is 0.516. The van der Waals surface area contributed by atoms with Crippen molar-refractivity contribution in [2.75, 3.05) is 6.54 Å². The van der Waals surface area contributed by atoms with Crippen LogP contribution < -0.4 is 17.0 Å². The van der Waals surface area contributed by atoms with Gasteiger partial charge >= 0.3 is 0 Å². The fourth-order valence-electron chi connectivity index (χ4n) is 0.195. The van der Waals surface area contributed by atoms with E-state index in [0.29, 0.717) is 13.0 Å². The number of hydrogen-bond acceptors (Lipinski definition) is 3. The van der Waals surface area contributed by atoms with E-state index in [4.69, 9.17) is 11.6 Å². The summed E-state index contributed by atoms with van der Waals surface area (Å²) in [6.07, 6.45) is 0.302. The maximum atomic E-state index is 9.88. The normalized spacial score (nSPS) is 8.71. The van der Waals surface area contributed by atoms with Crippen molar-refractivity contribution in [3.8, 4) is 0 Å². The molecular formula is C3H9N3O. The molecule has 0 saturated carbocycles. The van der Waals surface area contributed by atoms with Crippen LogP contribution in [0.4, 0.5) is 0 Å². The molecule has 0 bridgehead atoms. The molecule has 0 atom stereocenters. The highest BCUT2D eigenvalue weighted by molar-refractivity contribution is 5.73. The van der Waals surface area contributed by atoms with Gasteiger partial charge in [-0.3, -0.25) is 16.1 Å². The minimum absolute atomic E-state index is 0.302. The number of carbonyl (C=O) groups is 1. The summed E-state index contributed by atoms with van der Waals surface area (Å²) in [7, 11) is 0. The van der Waals surface area contributed by atoms with Gasteiger partial charge in [0.15, 0.2) is 0 Å². The second kappa shape index (κ2) is 3.58. The average molecular weight is 103 g/mol. The second-order valence-electron chi connectivity index (χ2n) is 1.17. The molecule has 0 aliphatic carbocycles.